The predicted molar refractivity (Wildman–Crippen MR) is 81.1 cm³/mol. The number of hydrogen-bond donors (Lipinski definition) is 3. The smallest absolute Gasteiger partial charge is 0.315 e. The van der Waals surface area contributed by atoms with Gasteiger partial charge in [-0.15, -0.1) is 0 Å². The summed E-state index contributed by atoms with van der Waals surface area (Å²) in [5.74, 6) is 0. The first-order valence-corrected chi connectivity index (χ1v) is 8.80. The first kappa shape index (κ1) is 20.0. The first-order chi connectivity index (χ1) is 9.68. The Morgan fingerprint density at radius 1 is 0.700 bits per heavy atom. The van der Waals surface area contributed by atoms with Crippen LogP contribution >= 0.6 is 7.82 Å². The Morgan fingerprint density at radius 3 is 1.25 bits per heavy atom. The maximum Gasteiger partial charge on any atom is 0.474 e. The second kappa shape index (κ2) is 13.9. The van der Waals surface area contributed by atoms with Crippen molar-refractivity contribution in [2.24, 2.45) is 0 Å². The van der Waals surface area contributed by atoms with Crippen molar-refractivity contribution in [1.82, 2.24) is 16.0 Å². The fraction of sp³-hybridized carbons (Fsp3) is 1.00. The van der Waals surface area contributed by atoms with Crippen molar-refractivity contribution in [3.05, 3.63) is 0 Å². The van der Waals surface area contributed by atoms with Gasteiger partial charge in [0.1, 0.15) is 0 Å². The lowest BCUT2D eigenvalue weighted by molar-refractivity contribution is 0.115. The van der Waals surface area contributed by atoms with Crippen molar-refractivity contribution < 1.29 is 18.1 Å². The minimum absolute atomic E-state index is 0.299. The van der Waals surface area contributed by atoms with Crippen molar-refractivity contribution in [2.45, 2.75) is 20.8 Å². The molecule has 8 heteroatoms. The van der Waals surface area contributed by atoms with Crippen LogP contribution in [0.3, 0.4) is 0 Å². The van der Waals surface area contributed by atoms with E-state index >= 15 is 0 Å². The van der Waals surface area contributed by atoms with Gasteiger partial charge in [-0.05, 0) is 19.6 Å². The van der Waals surface area contributed by atoms with E-state index in [2.05, 4.69) is 16.0 Å². The number of nitrogens with one attached hydrogen (secondary N) is 3. The highest BCUT2D eigenvalue weighted by Gasteiger charge is 2.26. The van der Waals surface area contributed by atoms with Crippen LogP contribution in [-0.2, 0) is 18.1 Å². The second-order valence-corrected chi connectivity index (χ2v) is 5.68. The molecule has 0 aromatic heterocycles. The van der Waals surface area contributed by atoms with E-state index in [0.717, 1.165) is 19.6 Å². The van der Waals surface area contributed by atoms with E-state index in [0.29, 0.717) is 39.5 Å². The maximum absolute atomic E-state index is 12.4. The van der Waals surface area contributed by atoms with Crippen LogP contribution in [0.1, 0.15) is 20.8 Å². The summed E-state index contributed by atoms with van der Waals surface area (Å²) in [6.07, 6.45) is 0. The van der Waals surface area contributed by atoms with Gasteiger partial charge in [0.2, 0.25) is 0 Å². The fourth-order valence-electron chi connectivity index (χ4n) is 1.33. The van der Waals surface area contributed by atoms with Crippen LogP contribution in [0.25, 0.3) is 0 Å². The van der Waals surface area contributed by atoms with Gasteiger partial charge in [0.25, 0.3) is 0 Å². The van der Waals surface area contributed by atoms with Gasteiger partial charge in [-0.1, -0.05) is 20.8 Å². The zero-order valence-corrected chi connectivity index (χ0v) is 13.8. The third kappa shape index (κ3) is 11.8. The number of hydrogen-bond acceptors (Lipinski definition) is 7. The summed E-state index contributed by atoms with van der Waals surface area (Å²) in [4.78, 5) is 0. The molecule has 0 atom stereocenters. The Hall–Kier alpha value is -0.0100. The molecule has 0 aromatic carbocycles. The summed E-state index contributed by atoms with van der Waals surface area (Å²) in [6, 6.07) is 0. The average Bonchev–Trinajstić information content (AvgIpc) is 2.45. The molecule has 0 aliphatic rings. The van der Waals surface area contributed by atoms with Gasteiger partial charge in [-0.25, -0.2) is 4.57 Å². The van der Waals surface area contributed by atoms with Crippen molar-refractivity contribution in [2.75, 3.05) is 59.1 Å². The Bertz CT molecular complexity index is 219. The normalized spacial score (nSPS) is 11.9. The summed E-state index contributed by atoms with van der Waals surface area (Å²) < 4.78 is 28.2. The molecule has 0 rings (SSSR count). The minimum atomic E-state index is -3.46. The van der Waals surface area contributed by atoms with Crippen molar-refractivity contribution in [3.8, 4) is 0 Å². The van der Waals surface area contributed by atoms with Crippen molar-refractivity contribution in [3.63, 3.8) is 0 Å². The Kier molecular flexibility index (Phi) is 13.9. The zero-order valence-electron chi connectivity index (χ0n) is 12.9. The lowest BCUT2D eigenvalue weighted by Gasteiger charge is -2.18. The average molecular weight is 311 g/mol. The number of phosphoric ester groups is 1. The van der Waals surface area contributed by atoms with Gasteiger partial charge in [-0.2, -0.15) is 0 Å². The molecule has 0 aliphatic carbocycles. The number of phosphoric acid groups is 1. The quantitative estimate of drug-likeness (QED) is 0.307. The van der Waals surface area contributed by atoms with Crippen LogP contribution in [0.15, 0.2) is 0 Å². The molecule has 0 aliphatic heterocycles. The largest absolute Gasteiger partial charge is 0.474 e. The summed E-state index contributed by atoms with van der Waals surface area (Å²) in [5.41, 5.74) is 0. The Labute approximate surface area is 122 Å². The van der Waals surface area contributed by atoms with Gasteiger partial charge < -0.3 is 16.0 Å². The van der Waals surface area contributed by atoms with Crippen LogP contribution in [0, 0.1) is 0 Å². The third-order valence-electron chi connectivity index (χ3n) is 2.33. The summed E-state index contributed by atoms with van der Waals surface area (Å²) >= 11 is 0. The molecule has 0 heterocycles. The SMILES string of the molecule is CCNCCOP(=O)(OCCNCC)OCCNCC. The second-order valence-electron chi connectivity index (χ2n) is 4.01. The molecule has 0 unspecified atom stereocenters. The van der Waals surface area contributed by atoms with Crippen LogP contribution < -0.4 is 16.0 Å². The molecule has 7 nitrogen and oxygen atoms in total. The van der Waals surface area contributed by atoms with Gasteiger partial charge in [0, 0.05) is 19.6 Å². The summed E-state index contributed by atoms with van der Waals surface area (Å²) in [5, 5.41) is 9.28. The zero-order chi connectivity index (χ0) is 15.1. The van der Waals surface area contributed by atoms with Gasteiger partial charge in [-0.3, -0.25) is 13.6 Å². The van der Waals surface area contributed by atoms with Crippen molar-refractivity contribution in [1.29, 1.82) is 0 Å². The van der Waals surface area contributed by atoms with Crippen molar-refractivity contribution >= 4 is 7.82 Å². The van der Waals surface area contributed by atoms with Crippen LogP contribution in [0.2, 0.25) is 0 Å². The molecule has 0 amide bonds. The molecule has 0 bridgehead atoms. The molecule has 0 saturated carbocycles. The first-order valence-electron chi connectivity index (χ1n) is 7.34. The standard InChI is InChI=1S/C12H30N3O4P/c1-4-13-7-10-17-20(16,18-11-8-14-5-2)19-12-9-15-6-3/h13-15H,4-12H2,1-3H3. The summed E-state index contributed by atoms with van der Waals surface area (Å²) in [7, 11) is -3.46. The Morgan fingerprint density at radius 2 is 1.00 bits per heavy atom. The van der Waals surface area contributed by atoms with E-state index in [4.69, 9.17) is 13.6 Å². The molecule has 0 aromatic rings. The molecule has 3 N–H and O–H groups in total. The van der Waals surface area contributed by atoms with Crippen LogP contribution in [0.5, 0.6) is 0 Å². The van der Waals surface area contributed by atoms with E-state index in [1.54, 1.807) is 0 Å². The lowest BCUT2D eigenvalue weighted by Crippen LogP contribution is -2.22. The highest BCUT2D eigenvalue weighted by Crippen LogP contribution is 2.48. The summed E-state index contributed by atoms with van der Waals surface area (Å²) in [6.45, 7) is 11.3. The van der Waals surface area contributed by atoms with E-state index in [1.165, 1.54) is 0 Å². The molecule has 0 fully saturated rings. The van der Waals surface area contributed by atoms with Crippen LogP contribution in [0.4, 0.5) is 0 Å². The van der Waals surface area contributed by atoms with Gasteiger partial charge in [0.05, 0.1) is 19.8 Å². The fourth-order valence-corrected chi connectivity index (χ4v) is 2.50. The van der Waals surface area contributed by atoms with Gasteiger partial charge >= 0.3 is 7.82 Å². The van der Waals surface area contributed by atoms with E-state index in [-0.39, 0.29) is 0 Å². The van der Waals surface area contributed by atoms with E-state index in [9.17, 15) is 4.57 Å². The van der Waals surface area contributed by atoms with E-state index in [1.807, 2.05) is 20.8 Å². The monoisotopic (exact) mass is 311 g/mol. The molecular weight excluding hydrogens is 281 g/mol. The third-order valence-corrected chi connectivity index (χ3v) is 3.83. The highest BCUT2D eigenvalue weighted by atomic mass is 31.2. The van der Waals surface area contributed by atoms with Gasteiger partial charge in [0.15, 0.2) is 0 Å². The molecule has 0 radical (unpaired) electrons. The maximum atomic E-state index is 12.4. The van der Waals surface area contributed by atoms with E-state index < -0.39 is 7.82 Å². The number of likely N-dealkylation sites (N-methyl/N-ethyl adjacent to an activating group) is 3. The lowest BCUT2D eigenvalue weighted by atomic mass is 10.6. The molecule has 20 heavy (non-hydrogen) atoms. The molecule has 0 spiro atoms. The topological polar surface area (TPSA) is 80.9 Å². The van der Waals surface area contributed by atoms with Crippen LogP contribution in [-0.4, -0.2) is 59.1 Å². The molecule has 122 valence electrons. The predicted octanol–water partition coefficient (Wildman–Crippen LogP) is 0.973. The highest BCUT2D eigenvalue weighted by molar-refractivity contribution is 7.48. The number of rotatable bonds is 15. The minimum Gasteiger partial charge on any atom is -0.315 e. The molecule has 0 saturated heterocycles. The molecular formula is C12H30N3O4P. The Balaban J connectivity index is 4.02.